The van der Waals surface area contributed by atoms with E-state index < -0.39 is 28.3 Å². The minimum atomic E-state index is -4.64. The molecule has 0 spiro atoms. The zero-order valence-electron chi connectivity index (χ0n) is 12.9. The number of fused-ring (bicyclic) bond motifs is 1. The largest absolute Gasteiger partial charge is 0.417 e. The third-order valence-electron chi connectivity index (χ3n) is 3.42. The summed E-state index contributed by atoms with van der Waals surface area (Å²) in [4.78, 5) is -0.206. The molecule has 27 heavy (non-hydrogen) atoms. The lowest BCUT2D eigenvalue weighted by molar-refractivity contribution is -0.137. The molecule has 0 fully saturated rings. The second kappa shape index (κ2) is 7.10. The number of halogens is 6. The van der Waals surface area contributed by atoms with Crippen molar-refractivity contribution in [2.24, 2.45) is 0 Å². The number of rotatable bonds is 4. The van der Waals surface area contributed by atoms with Crippen LogP contribution in [0.3, 0.4) is 0 Å². The quantitative estimate of drug-likeness (QED) is 0.635. The Kier molecular flexibility index (Phi) is 5.30. The number of pyridine rings is 1. The normalized spacial score (nSPS) is 12.7. The van der Waals surface area contributed by atoms with E-state index in [1.165, 1.54) is 18.2 Å². The molecule has 13 heteroatoms. The average molecular weight is 460 g/mol. The van der Waals surface area contributed by atoms with Crippen LogP contribution in [-0.4, -0.2) is 23.0 Å². The van der Waals surface area contributed by atoms with E-state index in [0.717, 1.165) is 10.6 Å². The zero-order chi connectivity index (χ0) is 20.0. The van der Waals surface area contributed by atoms with Crippen LogP contribution in [0.4, 0.5) is 13.2 Å². The highest BCUT2D eigenvalue weighted by molar-refractivity contribution is 7.89. The molecule has 2 heterocycles. The fraction of sp³-hybridized carbons (Fsp3) is 0.143. The molecule has 0 atom stereocenters. The first-order chi connectivity index (χ1) is 12.5. The van der Waals surface area contributed by atoms with Crippen molar-refractivity contribution in [2.75, 3.05) is 0 Å². The molecular weight excluding hydrogens is 452 g/mol. The predicted octanol–water partition coefficient (Wildman–Crippen LogP) is 4.19. The number of nitrogens with zero attached hydrogens (tertiary/aromatic N) is 3. The molecule has 144 valence electrons. The molecule has 3 aromatic rings. The van der Waals surface area contributed by atoms with Crippen molar-refractivity contribution in [3.63, 3.8) is 0 Å². The summed E-state index contributed by atoms with van der Waals surface area (Å²) in [7, 11) is -4.05. The van der Waals surface area contributed by atoms with Gasteiger partial charge in [0.05, 0.1) is 22.0 Å². The van der Waals surface area contributed by atoms with Crippen LogP contribution in [0, 0.1) is 0 Å². The molecule has 0 saturated heterocycles. The molecular formula is C14H8Cl3F3N4O2S. The molecule has 0 radical (unpaired) electrons. The third-order valence-corrected chi connectivity index (χ3v) is 5.52. The summed E-state index contributed by atoms with van der Waals surface area (Å²) in [5.74, 6) is -0.0882. The van der Waals surface area contributed by atoms with E-state index in [9.17, 15) is 21.6 Å². The SMILES string of the molecule is O=S(=O)(NCc1nnc2c(Cl)cc(C(F)(F)F)cn12)c1cc(Cl)cc(Cl)c1. The minimum Gasteiger partial charge on any atom is -0.283 e. The van der Waals surface area contributed by atoms with Crippen molar-refractivity contribution < 1.29 is 21.6 Å². The Hall–Kier alpha value is -1.59. The molecule has 2 aromatic heterocycles. The molecule has 0 aliphatic heterocycles. The summed E-state index contributed by atoms with van der Waals surface area (Å²) in [6, 6.07) is 4.43. The van der Waals surface area contributed by atoms with Gasteiger partial charge in [-0.05, 0) is 24.3 Å². The maximum Gasteiger partial charge on any atom is 0.417 e. The molecule has 1 aromatic carbocycles. The van der Waals surface area contributed by atoms with Gasteiger partial charge in [-0.15, -0.1) is 10.2 Å². The van der Waals surface area contributed by atoms with Gasteiger partial charge in [-0.3, -0.25) is 4.40 Å². The topological polar surface area (TPSA) is 76.4 Å². The summed E-state index contributed by atoms with van der Waals surface area (Å²) in [5.41, 5.74) is -1.06. The second-order valence-corrected chi connectivity index (χ2v) is 8.36. The van der Waals surface area contributed by atoms with Gasteiger partial charge < -0.3 is 0 Å². The van der Waals surface area contributed by atoms with E-state index in [-0.39, 0.29) is 31.4 Å². The number of nitrogens with one attached hydrogen (secondary N) is 1. The fourth-order valence-electron chi connectivity index (χ4n) is 2.20. The van der Waals surface area contributed by atoms with Gasteiger partial charge in [-0.25, -0.2) is 13.1 Å². The molecule has 6 nitrogen and oxygen atoms in total. The fourth-order valence-corrected chi connectivity index (χ4v) is 4.15. The predicted molar refractivity (Wildman–Crippen MR) is 93.5 cm³/mol. The lowest BCUT2D eigenvalue weighted by Gasteiger charge is -2.10. The standard InChI is InChI=1S/C14H8Cl3F3N4O2S/c15-8-2-9(16)4-10(3-8)27(25,26)21-5-12-22-23-13-11(17)1-7(6-24(12)13)14(18,19)20/h1-4,6,21H,5H2. The van der Waals surface area contributed by atoms with E-state index in [4.69, 9.17) is 34.8 Å². The van der Waals surface area contributed by atoms with Crippen molar-refractivity contribution in [3.05, 3.63) is 56.9 Å². The second-order valence-electron chi connectivity index (χ2n) is 5.31. The smallest absolute Gasteiger partial charge is 0.283 e. The summed E-state index contributed by atoms with van der Waals surface area (Å²) in [6.07, 6.45) is -3.91. The highest BCUT2D eigenvalue weighted by Crippen LogP contribution is 2.32. The zero-order valence-corrected chi connectivity index (χ0v) is 16.0. The van der Waals surface area contributed by atoms with E-state index in [0.29, 0.717) is 6.07 Å². The van der Waals surface area contributed by atoms with Gasteiger partial charge >= 0.3 is 6.18 Å². The summed E-state index contributed by atoms with van der Waals surface area (Å²) < 4.78 is 66.8. The van der Waals surface area contributed by atoms with Crippen LogP contribution in [0.25, 0.3) is 5.65 Å². The Bertz CT molecular complexity index is 1110. The van der Waals surface area contributed by atoms with Crippen molar-refractivity contribution in [1.82, 2.24) is 19.3 Å². The third kappa shape index (κ3) is 4.30. The number of benzene rings is 1. The number of sulfonamides is 1. The maximum atomic E-state index is 13.0. The van der Waals surface area contributed by atoms with Crippen LogP contribution in [-0.2, 0) is 22.7 Å². The molecule has 0 amide bonds. The Morgan fingerprint density at radius 1 is 1.04 bits per heavy atom. The van der Waals surface area contributed by atoms with E-state index in [2.05, 4.69) is 14.9 Å². The van der Waals surface area contributed by atoms with Crippen LogP contribution < -0.4 is 4.72 Å². The Morgan fingerprint density at radius 2 is 1.67 bits per heavy atom. The number of hydrogen-bond acceptors (Lipinski definition) is 4. The van der Waals surface area contributed by atoms with Gasteiger partial charge in [-0.2, -0.15) is 13.2 Å². The van der Waals surface area contributed by atoms with Gasteiger partial charge in [0, 0.05) is 16.2 Å². The average Bonchev–Trinajstić information content (AvgIpc) is 2.95. The molecule has 1 N–H and O–H groups in total. The molecule has 0 aliphatic rings. The van der Waals surface area contributed by atoms with Gasteiger partial charge in [0.1, 0.15) is 0 Å². The van der Waals surface area contributed by atoms with Gasteiger partial charge in [-0.1, -0.05) is 34.8 Å². The molecule has 0 unspecified atom stereocenters. The molecule has 0 bridgehead atoms. The van der Waals surface area contributed by atoms with Gasteiger partial charge in [0.25, 0.3) is 0 Å². The molecule has 0 aliphatic carbocycles. The lowest BCUT2D eigenvalue weighted by atomic mass is 10.3. The summed E-state index contributed by atoms with van der Waals surface area (Å²) >= 11 is 17.4. The van der Waals surface area contributed by atoms with Crippen molar-refractivity contribution in [2.45, 2.75) is 17.6 Å². The number of hydrogen-bond donors (Lipinski definition) is 1. The lowest BCUT2D eigenvalue weighted by Crippen LogP contribution is -2.24. The minimum absolute atomic E-state index is 0.0373. The van der Waals surface area contributed by atoms with E-state index in [1.807, 2.05) is 0 Å². The van der Waals surface area contributed by atoms with Crippen molar-refractivity contribution in [1.29, 1.82) is 0 Å². The first-order valence-electron chi connectivity index (χ1n) is 7.03. The number of alkyl halides is 3. The Morgan fingerprint density at radius 3 is 2.26 bits per heavy atom. The Balaban J connectivity index is 1.94. The first kappa shape index (κ1) is 20.2. The maximum absolute atomic E-state index is 13.0. The molecule has 3 rings (SSSR count). The van der Waals surface area contributed by atoms with E-state index >= 15 is 0 Å². The van der Waals surface area contributed by atoms with Gasteiger partial charge in [0.2, 0.25) is 10.0 Å². The monoisotopic (exact) mass is 458 g/mol. The summed E-state index contributed by atoms with van der Waals surface area (Å²) in [6.45, 7) is -0.439. The highest BCUT2D eigenvalue weighted by Gasteiger charge is 2.32. The van der Waals surface area contributed by atoms with Crippen LogP contribution >= 0.6 is 34.8 Å². The van der Waals surface area contributed by atoms with Crippen molar-refractivity contribution >= 4 is 50.5 Å². The molecule has 0 saturated carbocycles. The first-order valence-corrected chi connectivity index (χ1v) is 9.65. The van der Waals surface area contributed by atoms with Crippen LogP contribution in [0.1, 0.15) is 11.4 Å². The van der Waals surface area contributed by atoms with Gasteiger partial charge in [0.15, 0.2) is 11.5 Å². The van der Waals surface area contributed by atoms with Crippen LogP contribution in [0.5, 0.6) is 0 Å². The van der Waals surface area contributed by atoms with Crippen LogP contribution in [0.2, 0.25) is 15.1 Å². The van der Waals surface area contributed by atoms with Crippen LogP contribution in [0.15, 0.2) is 35.4 Å². The van der Waals surface area contributed by atoms with Crippen molar-refractivity contribution in [3.8, 4) is 0 Å². The van der Waals surface area contributed by atoms with E-state index in [1.54, 1.807) is 0 Å². The Labute approximate surface area is 165 Å². The highest BCUT2D eigenvalue weighted by atomic mass is 35.5. The number of aromatic nitrogens is 3. The summed E-state index contributed by atoms with van der Waals surface area (Å²) in [5, 5.41) is 7.32.